The predicted octanol–water partition coefficient (Wildman–Crippen LogP) is 4.39. The maximum Gasteiger partial charge on any atom is 0.340 e. The molecule has 0 fully saturated rings. The molecule has 0 spiro atoms. The molecule has 0 aliphatic carbocycles. The third kappa shape index (κ3) is 6.27. The van der Waals surface area contributed by atoms with E-state index in [0.717, 1.165) is 16.4 Å². The van der Waals surface area contributed by atoms with Crippen LogP contribution in [-0.4, -0.2) is 12.6 Å². The Hall–Kier alpha value is -0.780. The van der Waals surface area contributed by atoms with Crippen molar-refractivity contribution >= 4 is 34.2 Å². The summed E-state index contributed by atoms with van der Waals surface area (Å²) in [7, 11) is 0. The number of rotatable bonds is 8. The van der Waals surface area contributed by atoms with Gasteiger partial charge in [0, 0.05) is 9.26 Å². The first-order chi connectivity index (χ1) is 9.15. The highest BCUT2D eigenvalue weighted by molar-refractivity contribution is 14.1. The zero-order valence-electron chi connectivity index (χ0n) is 11.5. The molecule has 3 nitrogen and oxygen atoms in total. The van der Waals surface area contributed by atoms with Crippen LogP contribution in [0.2, 0.25) is 0 Å². The van der Waals surface area contributed by atoms with Crippen LogP contribution in [0.3, 0.4) is 0 Å². The van der Waals surface area contributed by atoms with Crippen LogP contribution in [-0.2, 0) is 4.74 Å². The minimum atomic E-state index is -0.315. The zero-order chi connectivity index (χ0) is 14.1. The third-order valence-corrected chi connectivity index (χ3v) is 3.64. The Bertz CT molecular complexity index is 407. The van der Waals surface area contributed by atoms with Gasteiger partial charge >= 0.3 is 5.97 Å². The first kappa shape index (κ1) is 16.3. The van der Waals surface area contributed by atoms with Gasteiger partial charge in [-0.2, -0.15) is 0 Å². The number of carbonyl (C=O) groups excluding carboxylic acids is 1. The molecule has 0 saturated heterocycles. The first-order valence-corrected chi connectivity index (χ1v) is 7.95. The fourth-order valence-corrected chi connectivity index (χ4v) is 2.32. The summed E-state index contributed by atoms with van der Waals surface area (Å²) in [4.78, 5) is 11.8. The van der Waals surface area contributed by atoms with Crippen LogP contribution in [0.1, 0.15) is 55.8 Å². The summed E-state index contributed by atoms with van der Waals surface area (Å²) in [6.45, 7) is 2.68. The average Bonchev–Trinajstić information content (AvgIpc) is 2.40. The topological polar surface area (TPSA) is 52.3 Å². The number of anilines is 1. The SMILES string of the molecule is CCCCCCCCOC(=O)c1cc(I)ccc1N. The van der Waals surface area contributed by atoms with Crippen molar-refractivity contribution in [1.82, 2.24) is 0 Å². The molecule has 106 valence electrons. The number of hydrogen-bond acceptors (Lipinski definition) is 3. The van der Waals surface area contributed by atoms with Crippen LogP contribution in [0, 0.1) is 3.57 Å². The molecule has 0 atom stereocenters. The summed E-state index contributed by atoms with van der Waals surface area (Å²) in [5, 5.41) is 0. The van der Waals surface area contributed by atoms with E-state index in [4.69, 9.17) is 10.5 Å². The minimum Gasteiger partial charge on any atom is -0.462 e. The van der Waals surface area contributed by atoms with Gasteiger partial charge < -0.3 is 10.5 Å². The monoisotopic (exact) mass is 375 g/mol. The number of unbranched alkanes of at least 4 members (excludes halogenated alkanes) is 5. The van der Waals surface area contributed by atoms with Gasteiger partial charge in [-0.1, -0.05) is 39.0 Å². The molecule has 0 heterocycles. The van der Waals surface area contributed by atoms with Crippen LogP contribution in [0.5, 0.6) is 0 Å². The molecule has 1 rings (SSSR count). The van der Waals surface area contributed by atoms with Gasteiger partial charge in [0.15, 0.2) is 0 Å². The van der Waals surface area contributed by atoms with Crippen LogP contribution < -0.4 is 5.73 Å². The summed E-state index contributed by atoms with van der Waals surface area (Å²) in [5.74, 6) is -0.315. The normalized spacial score (nSPS) is 10.4. The van der Waals surface area contributed by atoms with Crippen molar-refractivity contribution in [3.05, 3.63) is 27.3 Å². The summed E-state index contributed by atoms with van der Waals surface area (Å²) >= 11 is 2.16. The average molecular weight is 375 g/mol. The molecule has 1 aromatic carbocycles. The molecular weight excluding hydrogens is 353 g/mol. The Morgan fingerprint density at radius 1 is 1.21 bits per heavy atom. The fourth-order valence-electron chi connectivity index (χ4n) is 1.83. The van der Waals surface area contributed by atoms with E-state index in [1.165, 1.54) is 25.7 Å². The number of esters is 1. The quantitative estimate of drug-likeness (QED) is 0.317. The zero-order valence-corrected chi connectivity index (χ0v) is 13.6. The van der Waals surface area contributed by atoms with Gasteiger partial charge in [-0.25, -0.2) is 4.79 Å². The van der Waals surface area contributed by atoms with Crippen molar-refractivity contribution in [2.45, 2.75) is 45.4 Å². The van der Waals surface area contributed by atoms with E-state index in [9.17, 15) is 4.79 Å². The molecule has 0 aliphatic heterocycles. The third-order valence-electron chi connectivity index (χ3n) is 2.97. The Kier molecular flexibility index (Phi) is 7.86. The second-order valence-corrected chi connectivity index (χ2v) is 5.88. The summed E-state index contributed by atoms with van der Waals surface area (Å²) in [6, 6.07) is 5.38. The van der Waals surface area contributed by atoms with E-state index in [1.54, 1.807) is 12.1 Å². The lowest BCUT2D eigenvalue weighted by Crippen LogP contribution is -2.09. The van der Waals surface area contributed by atoms with Crippen LogP contribution in [0.25, 0.3) is 0 Å². The number of nitrogens with two attached hydrogens (primary N) is 1. The van der Waals surface area contributed by atoms with Gasteiger partial charge in [0.25, 0.3) is 0 Å². The van der Waals surface area contributed by atoms with Crippen molar-refractivity contribution in [1.29, 1.82) is 0 Å². The van der Waals surface area contributed by atoms with Gasteiger partial charge in [0.05, 0.1) is 12.2 Å². The molecule has 1 aromatic rings. The Morgan fingerprint density at radius 3 is 2.63 bits per heavy atom. The van der Waals surface area contributed by atoms with E-state index in [1.807, 2.05) is 6.07 Å². The molecule has 0 bridgehead atoms. The first-order valence-electron chi connectivity index (χ1n) is 6.87. The van der Waals surface area contributed by atoms with Gasteiger partial charge in [0.1, 0.15) is 0 Å². The van der Waals surface area contributed by atoms with Crippen molar-refractivity contribution < 1.29 is 9.53 Å². The molecule has 0 aromatic heterocycles. The fraction of sp³-hybridized carbons (Fsp3) is 0.533. The summed E-state index contributed by atoms with van der Waals surface area (Å²) < 4.78 is 6.23. The lowest BCUT2D eigenvalue weighted by Gasteiger charge is -2.07. The molecule has 4 heteroatoms. The molecule has 0 saturated carbocycles. The van der Waals surface area contributed by atoms with E-state index in [0.29, 0.717) is 17.9 Å². The maximum atomic E-state index is 11.8. The van der Waals surface area contributed by atoms with E-state index in [-0.39, 0.29) is 5.97 Å². The smallest absolute Gasteiger partial charge is 0.340 e. The standard InChI is InChI=1S/C15H22INO2/c1-2-3-4-5-6-7-10-19-15(18)13-11-12(16)8-9-14(13)17/h8-9,11H,2-7,10,17H2,1H3. The van der Waals surface area contributed by atoms with Crippen molar-refractivity contribution in [3.8, 4) is 0 Å². The number of ether oxygens (including phenoxy) is 1. The number of nitrogen functional groups attached to an aromatic ring is 1. The minimum absolute atomic E-state index is 0.315. The molecule has 0 radical (unpaired) electrons. The predicted molar refractivity (Wildman–Crippen MR) is 87.2 cm³/mol. The van der Waals surface area contributed by atoms with Crippen molar-refractivity contribution in [2.24, 2.45) is 0 Å². The van der Waals surface area contributed by atoms with Crippen LogP contribution in [0.4, 0.5) is 5.69 Å². The molecule has 0 amide bonds. The number of halogens is 1. The highest BCUT2D eigenvalue weighted by atomic mass is 127. The van der Waals surface area contributed by atoms with Gasteiger partial charge in [0.2, 0.25) is 0 Å². The van der Waals surface area contributed by atoms with Gasteiger partial charge in [-0.05, 0) is 47.2 Å². The van der Waals surface area contributed by atoms with E-state index < -0.39 is 0 Å². The Morgan fingerprint density at radius 2 is 1.89 bits per heavy atom. The van der Waals surface area contributed by atoms with Crippen LogP contribution in [0.15, 0.2) is 18.2 Å². The lowest BCUT2D eigenvalue weighted by atomic mass is 10.1. The second kappa shape index (κ2) is 9.18. The Labute approximate surface area is 129 Å². The van der Waals surface area contributed by atoms with Crippen LogP contribution >= 0.6 is 22.6 Å². The summed E-state index contributed by atoms with van der Waals surface area (Å²) in [6.07, 6.45) is 7.08. The summed E-state index contributed by atoms with van der Waals surface area (Å²) in [5.41, 5.74) is 6.72. The number of carbonyl (C=O) groups is 1. The number of hydrogen-bond donors (Lipinski definition) is 1. The van der Waals surface area contributed by atoms with Crippen molar-refractivity contribution in [2.75, 3.05) is 12.3 Å². The molecule has 2 N–H and O–H groups in total. The maximum absolute atomic E-state index is 11.8. The lowest BCUT2D eigenvalue weighted by molar-refractivity contribution is 0.0499. The van der Waals surface area contributed by atoms with Crippen molar-refractivity contribution in [3.63, 3.8) is 0 Å². The molecular formula is C15H22INO2. The molecule has 0 aliphatic rings. The highest BCUT2D eigenvalue weighted by Crippen LogP contribution is 2.17. The van der Waals surface area contributed by atoms with E-state index in [2.05, 4.69) is 29.5 Å². The van der Waals surface area contributed by atoms with Gasteiger partial charge in [-0.15, -0.1) is 0 Å². The largest absolute Gasteiger partial charge is 0.462 e. The highest BCUT2D eigenvalue weighted by Gasteiger charge is 2.11. The van der Waals surface area contributed by atoms with Gasteiger partial charge in [-0.3, -0.25) is 0 Å². The Balaban J connectivity index is 2.26. The molecule has 19 heavy (non-hydrogen) atoms. The second-order valence-electron chi connectivity index (χ2n) is 4.64. The van der Waals surface area contributed by atoms with E-state index >= 15 is 0 Å². The molecule has 0 unspecified atom stereocenters. The number of benzene rings is 1.